The third-order valence-corrected chi connectivity index (χ3v) is 5.02. The van der Waals surface area contributed by atoms with Crippen LogP contribution in [0.25, 0.3) is 0 Å². The Morgan fingerprint density at radius 2 is 1.78 bits per heavy atom. The molecule has 5 heteroatoms. The molecule has 0 aromatic heterocycles. The number of carbonyl (C=O) groups excluding carboxylic acids is 1. The summed E-state index contributed by atoms with van der Waals surface area (Å²) in [6, 6.07) is 8.28. The van der Waals surface area contributed by atoms with Gasteiger partial charge in [0.15, 0.2) is 6.29 Å². The van der Waals surface area contributed by atoms with E-state index < -0.39 is 0 Å². The van der Waals surface area contributed by atoms with Crippen LogP contribution in [0, 0.1) is 0 Å². The zero-order valence-corrected chi connectivity index (χ0v) is 13.8. The Hall–Kier alpha value is -1.43. The van der Waals surface area contributed by atoms with E-state index in [1.807, 2.05) is 12.1 Å². The van der Waals surface area contributed by atoms with Crippen molar-refractivity contribution in [3.05, 3.63) is 29.8 Å². The average Bonchev–Trinajstić information content (AvgIpc) is 2.64. The van der Waals surface area contributed by atoms with Gasteiger partial charge in [-0.2, -0.15) is 0 Å². The van der Waals surface area contributed by atoms with E-state index in [0.29, 0.717) is 5.92 Å². The van der Waals surface area contributed by atoms with Crippen LogP contribution in [0.15, 0.2) is 24.3 Å². The predicted molar refractivity (Wildman–Crippen MR) is 88.8 cm³/mol. The lowest BCUT2D eigenvalue weighted by Crippen LogP contribution is -2.55. The largest absolute Gasteiger partial charge is 0.496 e. The van der Waals surface area contributed by atoms with E-state index in [-0.39, 0.29) is 6.17 Å². The molecule has 23 heavy (non-hydrogen) atoms. The van der Waals surface area contributed by atoms with Crippen LogP contribution < -0.4 is 4.74 Å². The number of nitrogens with zero attached hydrogens (tertiary/aromatic N) is 2. The second kappa shape index (κ2) is 7.90. The fourth-order valence-corrected chi connectivity index (χ4v) is 3.72. The van der Waals surface area contributed by atoms with Crippen LogP contribution in [0.3, 0.4) is 0 Å². The van der Waals surface area contributed by atoms with Gasteiger partial charge in [0, 0.05) is 26.2 Å². The van der Waals surface area contributed by atoms with Gasteiger partial charge in [-0.15, -0.1) is 0 Å². The lowest BCUT2D eigenvalue weighted by Gasteiger charge is -2.41. The van der Waals surface area contributed by atoms with E-state index in [9.17, 15) is 4.79 Å². The van der Waals surface area contributed by atoms with E-state index in [0.717, 1.165) is 64.3 Å². The molecule has 0 bridgehead atoms. The molecule has 0 amide bonds. The van der Waals surface area contributed by atoms with Crippen molar-refractivity contribution in [1.29, 1.82) is 0 Å². The number of carbonyl (C=O) groups is 1. The molecule has 0 radical (unpaired) electrons. The smallest absolute Gasteiger partial charge is 0.151 e. The Bertz CT molecular complexity index is 509. The SMILES string of the molecule is COc1ccccc1C1CCN([C@H](C=O)N2CCOCC2)CC1. The highest BCUT2D eigenvalue weighted by molar-refractivity contribution is 5.57. The Kier molecular flexibility index (Phi) is 5.65. The van der Waals surface area contributed by atoms with Crippen LogP contribution in [-0.2, 0) is 9.53 Å². The highest BCUT2D eigenvalue weighted by Crippen LogP contribution is 2.34. The fraction of sp³-hybridized carbons (Fsp3) is 0.611. The molecule has 2 aliphatic rings. The maximum Gasteiger partial charge on any atom is 0.151 e. The summed E-state index contributed by atoms with van der Waals surface area (Å²) in [5, 5.41) is 0. The second-order valence-electron chi connectivity index (χ2n) is 6.25. The number of piperidine rings is 1. The Labute approximate surface area is 138 Å². The summed E-state index contributed by atoms with van der Waals surface area (Å²) in [6.07, 6.45) is 3.12. The first kappa shape index (κ1) is 16.4. The molecule has 3 rings (SSSR count). The zero-order valence-electron chi connectivity index (χ0n) is 13.8. The molecule has 2 saturated heterocycles. The van der Waals surface area contributed by atoms with Crippen LogP contribution in [0.1, 0.15) is 24.3 Å². The topological polar surface area (TPSA) is 42.0 Å². The molecular formula is C18H26N2O3. The van der Waals surface area contributed by atoms with Gasteiger partial charge in [-0.25, -0.2) is 0 Å². The van der Waals surface area contributed by atoms with Gasteiger partial charge in [0.1, 0.15) is 11.9 Å². The number of ether oxygens (including phenoxy) is 2. The number of methoxy groups -OCH3 is 1. The quantitative estimate of drug-likeness (QED) is 0.774. The van der Waals surface area contributed by atoms with Gasteiger partial charge in [0.05, 0.1) is 20.3 Å². The summed E-state index contributed by atoms with van der Waals surface area (Å²) < 4.78 is 10.9. The van der Waals surface area contributed by atoms with Crippen molar-refractivity contribution in [1.82, 2.24) is 9.80 Å². The number of rotatable bonds is 5. The van der Waals surface area contributed by atoms with Gasteiger partial charge >= 0.3 is 0 Å². The molecule has 2 heterocycles. The van der Waals surface area contributed by atoms with Gasteiger partial charge < -0.3 is 14.3 Å². The van der Waals surface area contributed by atoms with Gasteiger partial charge in [0.25, 0.3) is 0 Å². The van der Waals surface area contributed by atoms with Gasteiger partial charge in [-0.05, 0) is 30.4 Å². The first-order chi connectivity index (χ1) is 11.3. The zero-order chi connectivity index (χ0) is 16.1. The number of benzene rings is 1. The molecule has 0 N–H and O–H groups in total. The number of morpholine rings is 1. The van der Waals surface area contributed by atoms with Crippen molar-refractivity contribution in [2.45, 2.75) is 24.9 Å². The lowest BCUT2D eigenvalue weighted by molar-refractivity contribution is -0.123. The van der Waals surface area contributed by atoms with Crippen LogP contribution in [0.2, 0.25) is 0 Å². The Morgan fingerprint density at radius 3 is 2.43 bits per heavy atom. The van der Waals surface area contributed by atoms with Crippen LogP contribution >= 0.6 is 0 Å². The highest BCUT2D eigenvalue weighted by Gasteiger charge is 2.30. The number of likely N-dealkylation sites (tertiary alicyclic amines) is 1. The molecule has 2 aliphatic heterocycles. The van der Waals surface area contributed by atoms with E-state index in [2.05, 4.69) is 21.9 Å². The van der Waals surface area contributed by atoms with E-state index in [4.69, 9.17) is 9.47 Å². The Balaban J connectivity index is 1.62. The monoisotopic (exact) mass is 318 g/mol. The first-order valence-corrected chi connectivity index (χ1v) is 8.47. The van der Waals surface area contributed by atoms with Crippen LogP contribution in [0.4, 0.5) is 0 Å². The molecule has 2 fully saturated rings. The first-order valence-electron chi connectivity index (χ1n) is 8.47. The maximum absolute atomic E-state index is 11.6. The van der Waals surface area contributed by atoms with E-state index >= 15 is 0 Å². The Morgan fingerprint density at radius 1 is 1.13 bits per heavy atom. The molecule has 0 aliphatic carbocycles. The molecule has 0 saturated carbocycles. The number of hydrogen-bond donors (Lipinski definition) is 0. The van der Waals surface area contributed by atoms with Crippen molar-refractivity contribution < 1.29 is 14.3 Å². The van der Waals surface area contributed by atoms with Gasteiger partial charge in [-0.3, -0.25) is 9.80 Å². The van der Waals surface area contributed by atoms with E-state index in [1.54, 1.807) is 7.11 Å². The van der Waals surface area contributed by atoms with Crippen molar-refractivity contribution in [3.63, 3.8) is 0 Å². The number of hydrogen-bond acceptors (Lipinski definition) is 5. The molecule has 1 aromatic carbocycles. The third-order valence-electron chi connectivity index (χ3n) is 5.02. The standard InChI is InChI=1S/C18H26N2O3/c1-22-17-5-3-2-4-16(17)15-6-8-19(9-7-15)18(14-21)20-10-12-23-13-11-20/h2-5,14-15,18H,6-13H2,1H3/t18-/m0/s1. The molecule has 1 atom stereocenters. The predicted octanol–water partition coefficient (Wildman–Crippen LogP) is 1.73. The number of aldehydes is 1. The van der Waals surface area contributed by atoms with Crippen molar-refractivity contribution in [2.24, 2.45) is 0 Å². The minimum Gasteiger partial charge on any atom is -0.496 e. The minimum atomic E-state index is -0.0995. The van der Waals surface area contributed by atoms with Crippen LogP contribution in [0.5, 0.6) is 5.75 Å². The minimum absolute atomic E-state index is 0.0995. The molecule has 0 spiro atoms. The second-order valence-corrected chi connectivity index (χ2v) is 6.25. The molecule has 126 valence electrons. The van der Waals surface area contributed by atoms with Crippen molar-refractivity contribution in [3.8, 4) is 5.75 Å². The average molecular weight is 318 g/mol. The lowest BCUT2D eigenvalue weighted by atomic mass is 9.88. The normalized spacial score (nSPS) is 22.7. The van der Waals surface area contributed by atoms with E-state index in [1.165, 1.54) is 5.56 Å². The molecule has 5 nitrogen and oxygen atoms in total. The fourth-order valence-electron chi connectivity index (χ4n) is 3.72. The molecular weight excluding hydrogens is 292 g/mol. The summed E-state index contributed by atoms with van der Waals surface area (Å²) in [7, 11) is 1.73. The highest BCUT2D eigenvalue weighted by atomic mass is 16.5. The van der Waals surface area contributed by atoms with Gasteiger partial charge in [0.2, 0.25) is 0 Å². The number of para-hydroxylation sites is 1. The van der Waals surface area contributed by atoms with Crippen molar-refractivity contribution >= 4 is 6.29 Å². The molecule has 0 unspecified atom stereocenters. The molecule has 1 aromatic rings. The maximum atomic E-state index is 11.6. The summed E-state index contributed by atoms with van der Waals surface area (Å²) in [4.78, 5) is 16.2. The third kappa shape index (κ3) is 3.74. The summed E-state index contributed by atoms with van der Waals surface area (Å²) in [5.74, 6) is 1.49. The summed E-state index contributed by atoms with van der Waals surface area (Å²) in [5.41, 5.74) is 1.30. The van der Waals surface area contributed by atoms with Crippen molar-refractivity contribution in [2.75, 3.05) is 46.5 Å². The summed E-state index contributed by atoms with van der Waals surface area (Å²) in [6.45, 7) is 5.03. The summed E-state index contributed by atoms with van der Waals surface area (Å²) >= 11 is 0. The van der Waals surface area contributed by atoms with Crippen LogP contribution in [-0.4, -0.2) is 68.8 Å². The van der Waals surface area contributed by atoms with Gasteiger partial charge in [-0.1, -0.05) is 18.2 Å².